The third kappa shape index (κ3) is 4.14. The molecule has 0 aliphatic rings. The van der Waals surface area contributed by atoms with Crippen LogP contribution in [0.4, 0.5) is 5.69 Å². The van der Waals surface area contributed by atoms with E-state index in [-0.39, 0.29) is 0 Å². The zero-order valence-corrected chi connectivity index (χ0v) is 14.9. The second-order valence-electron chi connectivity index (χ2n) is 5.60. The van der Waals surface area contributed by atoms with Gasteiger partial charge in [-0.3, -0.25) is 5.43 Å². The summed E-state index contributed by atoms with van der Waals surface area (Å²) in [5.74, 6) is 0.729. The first-order valence-corrected chi connectivity index (χ1v) is 8.30. The first-order chi connectivity index (χ1) is 12.2. The molecular formula is C20H19N3OS. The van der Waals surface area contributed by atoms with Gasteiger partial charge in [0, 0.05) is 5.56 Å². The fraction of sp³-hybridized carbons (Fsp3) is 0.100. The van der Waals surface area contributed by atoms with Crippen molar-refractivity contribution in [2.24, 2.45) is 5.10 Å². The minimum Gasteiger partial charge on any atom is -0.495 e. The van der Waals surface area contributed by atoms with Gasteiger partial charge in [-0.15, -0.1) is 0 Å². The summed E-state index contributed by atoms with van der Waals surface area (Å²) in [6.45, 7) is 2.01. The van der Waals surface area contributed by atoms with Crippen molar-refractivity contribution in [3.8, 4) is 5.75 Å². The Morgan fingerprint density at radius 1 is 1.08 bits per heavy atom. The van der Waals surface area contributed by atoms with Crippen LogP contribution in [0.25, 0.3) is 10.8 Å². The third-order valence-electron chi connectivity index (χ3n) is 3.80. The van der Waals surface area contributed by atoms with Crippen LogP contribution in [0, 0.1) is 6.92 Å². The van der Waals surface area contributed by atoms with E-state index in [0.717, 1.165) is 28.0 Å². The molecule has 0 unspecified atom stereocenters. The number of benzene rings is 3. The van der Waals surface area contributed by atoms with Crippen molar-refractivity contribution >= 4 is 40.0 Å². The normalized spacial score (nSPS) is 10.8. The number of thiocarbonyl (C=S) groups is 1. The Bertz CT molecular complexity index is 932. The average Bonchev–Trinajstić information content (AvgIpc) is 2.62. The molecule has 0 bridgehead atoms. The molecule has 0 atom stereocenters. The van der Waals surface area contributed by atoms with Crippen molar-refractivity contribution in [3.63, 3.8) is 0 Å². The maximum Gasteiger partial charge on any atom is 0.191 e. The van der Waals surface area contributed by atoms with Gasteiger partial charge in [0.2, 0.25) is 0 Å². The molecule has 0 radical (unpaired) electrons. The van der Waals surface area contributed by atoms with Crippen molar-refractivity contribution in [1.29, 1.82) is 0 Å². The number of hydrogen-bond acceptors (Lipinski definition) is 3. The standard InChI is InChI=1S/C20H19N3OS/c1-14-10-11-19(24-2)18(12-14)22-20(25)23-21-13-16-8-5-7-15-6-3-4-9-17(15)16/h3-13H,1-2H3,(H2,22,23,25)/b21-13+. The number of fused-ring (bicyclic) bond motifs is 1. The molecule has 0 amide bonds. The number of ether oxygens (including phenoxy) is 1. The number of nitrogens with zero attached hydrogens (tertiary/aromatic N) is 1. The minimum atomic E-state index is 0.403. The summed E-state index contributed by atoms with van der Waals surface area (Å²) < 4.78 is 5.33. The van der Waals surface area contributed by atoms with Crippen LogP contribution in [0.15, 0.2) is 65.8 Å². The molecule has 0 aromatic heterocycles. The van der Waals surface area contributed by atoms with Gasteiger partial charge in [0.05, 0.1) is 19.0 Å². The van der Waals surface area contributed by atoms with Gasteiger partial charge >= 0.3 is 0 Å². The Hall–Kier alpha value is -2.92. The van der Waals surface area contributed by atoms with Crippen molar-refractivity contribution < 1.29 is 4.74 Å². The predicted octanol–water partition coefficient (Wildman–Crippen LogP) is 4.48. The molecule has 0 fully saturated rings. The van der Waals surface area contributed by atoms with Crippen LogP contribution >= 0.6 is 12.2 Å². The van der Waals surface area contributed by atoms with Gasteiger partial charge in [-0.25, -0.2) is 0 Å². The lowest BCUT2D eigenvalue weighted by Crippen LogP contribution is -2.24. The van der Waals surface area contributed by atoms with Gasteiger partial charge in [0.25, 0.3) is 0 Å². The summed E-state index contributed by atoms with van der Waals surface area (Å²) in [7, 11) is 1.63. The van der Waals surface area contributed by atoms with Crippen molar-refractivity contribution in [2.75, 3.05) is 12.4 Å². The van der Waals surface area contributed by atoms with Crippen LogP contribution in [0.2, 0.25) is 0 Å². The van der Waals surface area contributed by atoms with E-state index in [0.29, 0.717) is 5.11 Å². The molecule has 3 rings (SSSR count). The fourth-order valence-corrected chi connectivity index (χ4v) is 2.76. The maximum absolute atomic E-state index is 5.33. The zero-order chi connectivity index (χ0) is 17.6. The summed E-state index contributed by atoms with van der Waals surface area (Å²) in [5.41, 5.74) is 5.80. The molecule has 4 nitrogen and oxygen atoms in total. The summed E-state index contributed by atoms with van der Waals surface area (Å²) in [4.78, 5) is 0. The largest absolute Gasteiger partial charge is 0.495 e. The van der Waals surface area contributed by atoms with Crippen LogP contribution < -0.4 is 15.5 Å². The van der Waals surface area contributed by atoms with E-state index in [4.69, 9.17) is 17.0 Å². The third-order valence-corrected chi connectivity index (χ3v) is 3.99. The molecule has 0 saturated heterocycles. The Kier molecular flexibility index (Phi) is 5.26. The summed E-state index contributed by atoms with van der Waals surface area (Å²) in [5, 5.41) is 10.1. The monoisotopic (exact) mass is 349 g/mol. The highest BCUT2D eigenvalue weighted by molar-refractivity contribution is 7.80. The Morgan fingerprint density at radius 3 is 2.72 bits per heavy atom. The Balaban J connectivity index is 1.70. The number of hydrogen-bond donors (Lipinski definition) is 2. The molecule has 3 aromatic carbocycles. The molecule has 0 heterocycles. The lowest BCUT2D eigenvalue weighted by molar-refractivity contribution is 0.417. The van der Waals surface area contributed by atoms with Gasteiger partial charge in [0.15, 0.2) is 5.11 Å². The zero-order valence-electron chi connectivity index (χ0n) is 14.1. The molecule has 0 aliphatic carbocycles. The van der Waals surface area contributed by atoms with E-state index < -0.39 is 0 Å². The number of rotatable bonds is 4. The van der Waals surface area contributed by atoms with Crippen LogP contribution in [0.5, 0.6) is 5.75 Å². The van der Waals surface area contributed by atoms with Crippen LogP contribution in [-0.2, 0) is 0 Å². The minimum absolute atomic E-state index is 0.403. The second kappa shape index (κ2) is 7.77. The van der Waals surface area contributed by atoms with Crippen LogP contribution in [-0.4, -0.2) is 18.4 Å². The van der Waals surface area contributed by atoms with Gasteiger partial charge in [-0.1, -0.05) is 48.5 Å². The Morgan fingerprint density at radius 2 is 1.88 bits per heavy atom. The van der Waals surface area contributed by atoms with Crippen molar-refractivity contribution in [3.05, 3.63) is 71.8 Å². The number of anilines is 1. The van der Waals surface area contributed by atoms with E-state index in [9.17, 15) is 0 Å². The highest BCUT2D eigenvalue weighted by Gasteiger charge is 2.04. The molecule has 0 aliphatic heterocycles. The smallest absolute Gasteiger partial charge is 0.191 e. The molecule has 2 N–H and O–H groups in total. The predicted molar refractivity (Wildman–Crippen MR) is 109 cm³/mol. The molecule has 0 spiro atoms. The van der Waals surface area contributed by atoms with Crippen molar-refractivity contribution in [2.45, 2.75) is 6.92 Å². The van der Waals surface area contributed by atoms with E-state index >= 15 is 0 Å². The summed E-state index contributed by atoms with van der Waals surface area (Å²) in [6.07, 6.45) is 1.77. The molecule has 25 heavy (non-hydrogen) atoms. The lowest BCUT2D eigenvalue weighted by atomic mass is 10.1. The summed E-state index contributed by atoms with van der Waals surface area (Å²) >= 11 is 5.31. The average molecular weight is 349 g/mol. The van der Waals surface area contributed by atoms with E-state index in [1.165, 1.54) is 5.39 Å². The first-order valence-electron chi connectivity index (χ1n) is 7.90. The molecular weight excluding hydrogens is 330 g/mol. The number of nitrogens with one attached hydrogen (secondary N) is 2. The molecule has 0 saturated carbocycles. The molecule has 3 aromatic rings. The fourth-order valence-electron chi connectivity index (χ4n) is 2.59. The van der Waals surface area contributed by atoms with Crippen molar-refractivity contribution in [1.82, 2.24) is 5.43 Å². The highest BCUT2D eigenvalue weighted by Crippen LogP contribution is 2.25. The lowest BCUT2D eigenvalue weighted by Gasteiger charge is -2.12. The van der Waals surface area contributed by atoms with E-state index in [1.54, 1.807) is 13.3 Å². The second-order valence-corrected chi connectivity index (χ2v) is 6.00. The van der Waals surface area contributed by atoms with Gasteiger partial charge in [-0.05, 0) is 47.6 Å². The van der Waals surface area contributed by atoms with E-state index in [2.05, 4.69) is 34.0 Å². The SMILES string of the molecule is COc1ccc(C)cc1NC(=S)N/N=C/c1cccc2ccccc12. The van der Waals surface area contributed by atoms with Gasteiger partial charge in [-0.2, -0.15) is 5.10 Å². The van der Waals surface area contributed by atoms with Gasteiger partial charge < -0.3 is 10.1 Å². The number of hydrazone groups is 1. The highest BCUT2D eigenvalue weighted by atomic mass is 32.1. The molecule has 5 heteroatoms. The number of methoxy groups -OCH3 is 1. The quantitative estimate of drug-likeness (QED) is 0.414. The van der Waals surface area contributed by atoms with Crippen LogP contribution in [0.1, 0.15) is 11.1 Å². The van der Waals surface area contributed by atoms with E-state index in [1.807, 2.05) is 49.4 Å². The summed E-state index contributed by atoms with van der Waals surface area (Å²) in [6, 6.07) is 20.2. The van der Waals surface area contributed by atoms with Crippen LogP contribution in [0.3, 0.4) is 0 Å². The number of aryl methyl sites for hydroxylation is 1. The maximum atomic E-state index is 5.33. The Labute approximate surface area is 152 Å². The van der Waals surface area contributed by atoms with Gasteiger partial charge in [0.1, 0.15) is 5.75 Å². The topological polar surface area (TPSA) is 45.6 Å². The first kappa shape index (κ1) is 16.9. The molecule has 126 valence electrons.